The molecular formula is C11H5F2N. The summed E-state index contributed by atoms with van der Waals surface area (Å²) < 4.78 is 26.2. The van der Waals surface area contributed by atoms with E-state index < -0.39 is 11.6 Å². The zero-order valence-corrected chi connectivity index (χ0v) is 7.09. The Balaban J connectivity index is 2.99. The first-order chi connectivity index (χ1) is 6.74. The molecule has 1 nitrogen and oxygen atoms in total. The van der Waals surface area contributed by atoms with Crippen molar-refractivity contribution in [1.82, 2.24) is 4.98 Å². The average Bonchev–Trinajstić information content (AvgIpc) is 2.23. The predicted octanol–water partition coefficient (Wildman–Crippen LogP) is 2.49. The number of rotatable bonds is 0. The van der Waals surface area contributed by atoms with Gasteiger partial charge in [-0.2, -0.15) is 0 Å². The Morgan fingerprint density at radius 1 is 1.29 bits per heavy atom. The van der Waals surface area contributed by atoms with Gasteiger partial charge in [-0.15, -0.1) is 6.42 Å². The van der Waals surface area contributed by atoms with Crippen LogP contribution in [0.4, 0.5) is 8.78 Å². The lowest BCUT2D eigenvalue weighted by atomic mass is 10.1. The summed E-state index contributed by atoms with van der Waals surface area (Å²) in [6, 6.07) is 2.57. The van der Waals surface area contributed by atoms with Crippen molar-refractivity contribution in [2.75, 3.05) is 0 Å². The number of nitrogens with zero attached hydrogens (tertiary/aromatic N) is 1. The van der Waals surface area contributed by atoms with Gasteiger partial charge in [0.15, 0.2) is 11.6 Å². The molecule has 0 aliphatic heterocycles. The second kappa shape index (κ2) is 3.08. The van der Waals surface area contributed by atoms with Crippen LogP contribution in [0.5, 0.6) is 0 Å². The molecule has 0 atom stereocenters. The maximum absolute atomic E-state index is 13.2. The molecule has 0 N–H and O–H groups in total. The molecule has 3 heteroatoms. The first kappa shape index (κ1) is 8.64. The van der Waals surface area contributed by atoms with Crippen LogP contribution in [-0.2, 0) is 0 Å². The van der Waals surface area contributed by atoms with Crippen LogP contribution in [0.25, 0.3) is 10.8 Å². The maximum Gasteiger partial charge on any atom is 0.168 e. The van der Waals surface area contributed by atoms with Crippen molar-refractivity contribution in [3.63, 3.8) is 0 Å². The van der Waals surface area contributed by atoms with Crippen LogP contribution in [0.1, 0.15) is 5.56 Å². The molecule has 0 spiro atoms. The highest BCUT2D eigenvalue weighted by molar-refractivity contribution is 5.87. The lowest BCUT2D eigenvalue weighted by molar-refractivity contribution is 0.516. The van der Waals surface area contributed by atoms with Gasteiger partial charge in [-0.05, 0) is 12.1 Å². The van der Waals surface area contributed by atoms with Gasteiger partial charge in [0.25, 0.3) is 0 Å². The molecular weight excluding hydrogens is 184 g/mol. The maximum atomic E-state index is 13.2. The van der Waals surface area contributed by atoms with Crippen LogP contribution >= 0.6 is 0 Å². The third-order valence-corrected chi connectivity index (χ3v) is 1.98. The monoisotopic (exact) mass is 189 g/mol. The molecule has 2 aromatic rings. The number of aromatic nitrogens is 1. The van der Waals surface area contributed by atoms with E-state index in [4.69, 9.17) is 6.42 Å². The average molecular weight is 189 g/mol. The third-order valence-electron chi connectivity index (χ3n) is 1.98. The van der Waals surface area contributed by atoms with Gasteiger partial charge in [-0.1, -0.05) is 5.92 Å². The molecule has 0 aliphatic rings. The van der Waals surface area contributed by atoms with E-state index in [2.05, 4.69) is 10.9 Å². The summed E-state index contributed by atoms with van der Waals surface area (Å²) in [4.78, 5) is 3.71. The van der Waals surface area contributed by atoms with Gasteiger partial charge in [-0.3, -0.25) is 4.98 Å². The molecule has 0 unspecified atom stereocenters. The van der Waals surface area contributed by atoms with E-state index in [1.807, 2.05) is 0 Å². The summed E-state index contributed by atoms with van der Waals surface area (Å²) >= 11 is 0. The normalized spacial score (nSPS) is 10.1. The highest BCUT2D eigenvalue weighted by Crippen LogP contribution is 2.22. The molecule has 1 aromatic carbocycles. The fourth-order valence-corrected chi connectivity index (χ4v) is 1.32. The quantitative estimate of drug-likeness (QED) is 0.580. The minimum atomic E-state index is -0.946. The van der Waals surface area contributed by atoms with Gasteiger partial charge in [-0.25, -0.2) is 8.78 Å². The Kier molecular flexibility index (Phi) is 1.90. The molecule has 0 amide bonds. The number of pyridine rings is 1. The van der Waals surface area contributed by atoms with Crippen LogP contribution in [0.3, 0.4) is 0 Å². The van der Waals surface area contributed by atoms with E-state index in [1.54, 1.807) is 6.07 Å². The molecule has 0 bridgehead atoms. The van der Waals surface area contributed by atoms with E-state index in [0.717, 1.165) is 6.07 Å². The van der Waals surface area contributed by atoms with Crippen LogP contribution in [0, 0.1) is 24.0 Å². The first-order valence-corrected chi connectivity index (χ1v) is 3.92. The number of hydrogen-bond donors (Lipinski definition) is 0. The number of benzene rings is 1. The van der Waals surface area contributed by atoms with Gasteiger partial charge in [0.05, 0.1) is 0 Å². The molecule has 2 rings (SSSR count). The van der Waals surface area contributed by atoms with E-state index in [0.29, 0.717) is 10.9 Å². The largest absolute Gasteiger partial charge is 0.264 e. The van der Waals surface area contributed by atoms with Crippen molar-refractivity contribution in [2.24, 2.45) is 0 Å². The fraction of sp³-hybridized carbons (Fsp3) is 0. The van der Waals surface area contributed by atoms with E-state index in [9.17, 15) is 8.78 Å². The molecule has 0 saturated carbocycles. The van der Waals surface area contributed by atoms with Crippen molar-refractivity contribution in [1.29, 1.82) is 0 Å². The summed E-state index contributed by atoms with van der Waals surface area (Å²) in [6.45, 7) is 0. The van der Waals surface area contributed by atoms with Crippen LogP contribution < -0.4 is 0 Å². The highest BCUT2D eigenvalue weighted by atomic mass is 19.2. The summed E-state index contributed by atoms with van der Waals surface area (Å²) in [5.74, 6) is 0.448. The molecule has 0 aliphatic carbocycles. The van der Waals surface area contributed by atoms with Gasteiger partial charge >= 0.3 is 0 Å². The van der Waals surface area contributed by atoms with Crippen molar-refractivity contribution in [2.45, 2.75) is 0 Å². The second-order valence-corrected chi connectivity index (χ2v) is 2.79. The van der Waals surface area contributed by atoms with Crippen LogP contribution in [0.2, 0.25) is 0 Å². The Morgan fingerprint density at radius 3 is 2.79 bits per heavy atom. The summed E-state index contributed by atoms with van der Waals surface area (Å²) in [5.41, 5.74) is 0.335. The van der Waals surface area contributed by atoms with Crippen molar-refractivity contribution >= 4 is 10.8 Å². The van der Waals surface area contributed by atoms with Gasteiger partial charge in [0.2, 0.25) is 0 Å². The van der Waals surface area contributed by atoms with E-state index in [-0.39, 0.29) is 5.39 Å². The molecule has 0 saturated heterocycles. The smallest absolute Gasteiger partial charge is 0.168 e. The predicted molar refractivity (Wildman–Crippen MR) is 49.6 cm³/mol. The van der Waals surface area contributed by atoms with Gasteiger partial charge < -0.3 is 0 Å². The number of terminal acetylenes is 1. The summed E-state index contributed by atoms with van der Waals surface area (Å²) in [6.07, 6.45) is 7.92. The topological polar surface area (TPSA) is 12.9 Å². The number of fused-ring (bicyclic) bond motifs is 1. The fourth-order valence-electron chi connectivity index (χ4n) is 1.32. The van der Waals surface area contributed by atoms with E-state index in [1.165, 1.54) is 12.4 Å². The van der Waals surface area contributed by atoms with E-state index >= 15 is 0 Å². The van der Waals surface area contributed by atoms with Crippen molar-refractivity contribution < 1.29 is 8.78 Å². The lowest BCUT2D eigenvalue weighted by Gasteiger charge is -2.02. The Hall–Kier alpha value is -1.95. The molecule has 14 heavy (non-hydrogen) atoms. The second-order valence-electron chi connectivity index (χ2n) is 2.79. The number of halogens is 2. The van der Waals surface area contributed by atoms with Crippen molar-refractivity contribution in [3.8, 4) is 12.3 Å². The van der Waals surface area contributed by atoms with Gasteiger partial charge in [0, 0.05) is 28.7 Å². The Labute approximate surface area is 79.4 Å². The van der Waals surface area contributed by atoms with Crippen LogP contribution in [-0.4, -0.2) is 4.98 Å². The first-order valence-electron chi connectivity index (χ1n) is 3.92. The minimum Gasteiger partial charge on any atom is -0.264 e. The minimum absolute atomic E-state index is 0.112. The van der Waals surface area contributed by atoms with Crippen molar-refractivity contribution in [3.05, 3.63) is 41.7 Å². The summed E-state index contributed by atoms with van der Waals surface area (Å²) in [5, 5.41) is 0.613. The molecule has 0 radical (unpaired) electrons. The Bertz CT molecular complexity index is 541. The highest BCUT2D eigenvalue weighted by Gasteiger charge is 2.10. The third kappa shape index (κ3) is 1.12. The zero-order chi connectivity index (χ0) is 10.1. The molecule has 1 aromatic heterocycles. The molecule has 68 valence electrons. The molecule has 0 fully saturated rings. The zero-order valence-electron chi connectivity index (χ0n) is 7.09. The summed E-state index contributed by atoms with van der Waals surface area (Å²) in [7, 11) is 0. The Morgan fingerprint density at radius 2 is 2.07 bits per heavy atom. The van der Waals surface area contributed by atoms with Crippen LogP contribution in [0.15, 0.2) is 24.5 Å². The molecule has 1 heterocycles. The number of hydrogen-bond acceptors (Lipinski definition) is 1. The lowest BCUT2D eigenvalue weighted by Crippen LogP contribution is -1.90. The standard InChI is InChI=1S/C11H5F2N/c1-2-7-5-10(12)11(13)9-6-14-4-3-8(7)9/h1,3-6H. The SMILES string of the molecule is C#Cc1cc(F)c(F)c2cnccc12. The van der Waals surface area contributed by atoms with Gasteiger partial charge in [0.1, 0.15) is 0 Å².